The number of fused-ring (bicyclic) bond motifs is 8. The predicted octanol–water partition coefficient (Wildman–Crippen LogP) is 10.2. The summed E-state index contributed by atoms with van der Waals surface area (Å²) < 4.78 is 51.4. The zero-order chi connectivity index (χ0) is 56.6. The van der Waals surface area contributed by atoms with Crippen LogP contribution in [0, 0.1) is 0 Å². The smallest absolute Gasteiger partial charge is 0.126 e. The first-order chi connectivity index (χ1) is 38.9. The molecule has 1 aliphatic rings. The number of ether oxygens (including phenoxy) is 8. The number of hydrogen-bond acceptors (Lipinski definition) is 14. The van der Waals surface area contributed by atoms with Crippen molar-refractivity contribution in [3.8, 4) is 23.0 Å². The Morgan fingerprint density at radius 3 is 0.887 bits per heavy atom. The van der Waals surface area contributed by atoms with Gasteiger partial charge < -0.3 is 47.7 Å². The molecule has 14 heteroatoms. The molecule has 6 aromatic rings. The third-order valence-corrected chi connectivity index (χ3v) is 13.7. The van der Waals surface area contributed by atoms with Crippen molar-refractivity contribution in [3.05, 3.63) is 175 Å². The minimum Gasteiger partial charge on any atom is -0.491 e. The van der Waals surface area contributed by atoms with E-state index in [1.54, 1.807) is 0 Å². The summed E-state index contributed by atoms with van der Waals surface area (Å²) in [6.07, 6.45) is 2.21. The zero-order valence-electron chi connectivity index (χ0n) is 49.7. The molecule has 0 saturated heterocycles. The Hall–Kier alpha value is -5.94. The van der Waals surface area contributed by atoms with Crippen LogP contribution in [0.1, 0.15) is 106 Å². The van der Waals surface area contributed by atoms with Crippen molar-refractivity contribution in [3.63, 3.8) is 0 Å². The normalized spacial score (nSPS) is 12.5. The average molecular weight is 1100 g/mol. The molecule has 0 spiro atoms. The lowest BCUT2D eigenvalue weighted by atomic mass is 9.89. The van der Waals surface area contributed by atoms with Gasteiger partial charge in [0.25, 0.3) is 0 Å². The maximum absolute atomic E-state index is 7.05. The van der Waals surface area contributed by atoms with Crippen molar-refractivity contribution >= 4 is 0 Å². The van der Waals surface area contributed by atoms with Gasteiger partial charge in [-0.1, -0.05) is 72.8 Å². The summed E-state index contributed by atoms with van der Waals surface area (Å²) in [5.74, 6) is 3.38. The second-order valence-corrected chi connectivity index (χ2v) is 21.2. The van der Waals surface area contributed by atoms with Crippen molar-refractivity contribution < 1.29 is 37.9 Å². The molecule has 8 bridgehead atoms. The van der Waals surface area contributed by atoms with Gasteiger partial charge in [0.15, 0.2) is 0 Å². The van der Waals surface area contributed by atoms with Gasteiger partial charge >= 0.3 is 0 Å². The summed E-state index contributed by atoms with van der Waals surface area (Å²) in [5, 5.41) is 0. The molecule has 4 aromatic carbocycles. The summed E-state index contributed by atoms with van der Waals surface area (Å²) in [5.41, 5.74) is 15.0. The molecular weight excluding hydrogens is 1000 g/mol. The lowest BCUT2D eigenvalue weighted by Crippen LogP contribution is -2.20. The second kappa shape index (κ2) is 32.5. The molecule has 80 heavy (non-hydrogen) atoms. The monoisotopic (exact) mass is 1090 g/mol. The molecule has 1 aliphatic carbocycles. The van der Waals surface area contributed by atoms with Crippen LogP contribution in [0.5, 0.6) is 23.0 Å². The maximum atomic E-state index is 7.05. The zero-order valence-corrected chi connectivity index (χ0v) is 49.7. The van der Waals surface area contributed by atoms with E-state index < -0.39 is 0 Å². The van der Waals surface area contributed by atoms with Crippen molar-refractivity contribution in [2.45, 2.75) is 92.6 Å². The van der Waals surface area contributed by atoms with E-state index >= 15 is 0 Å². The average Bonchev–Trinajstić information content (AvgIpc) is 3.41. The number of benzene rings is 4. The van der Waals surface area contributed by atoms with Crippen LogP contribution in [-0.2, 0) is 83.9 Å². The van der Waals surface area contributed by atoms with Crippen molar-refractivity contribution in [1.29, 1.82) is 0 Å². The molecule has 432 valence electrons. The van der Waals surface area contributed by atoms with Gasteiger partial charge in [-0.2, -0.15) is 0 Å². The van der Waals surface area contributed by atoms with Crippen LogP contribution in [0.3, 0.4) is 0 Å². The van der Waals surface area contributed by atoms with Gasteiger partial charge in [0.1, 0.15) is 49.4 Å². The van der Waals surface area contributed by atoms with Crippen LogP contribution in [0.2, 0.25) is 0 Å². The first-order valence-electron chi connectivity index (χ1n) is 28.8. The SMILES string of the molecule is CCOCCOc1c2cccc1Cc1cc(CN(C)Cc3cccc(CN(C)C)n3)cc(c1OCCOCC)Cc1cc(CN(C)Cc3cccc(CN(C)C)n3)cc(c1OCCOCC)Cc1cccc(c1OCCOCC)C2. The topological polar surface area (TPSA) is 113 Å². The molecule has 0 saturated carbocycles. The number of hydrogen-bond donors (Lipinski definition) is 0. The Morgan fingerprint density at radius 2 is 0.588 bits per heavy atom. The van der Waals surface area contributed by atoms with Crippen LogP contribution < -0.4 is 18.9 Å². The van der Waals surface area contributed by atoms with Gasteiger partial charge in [-0.05, 0) is 150 Å². The lowest BCUT2D eigenvalue weighted by molar-refractivity contribution is 0.108. The number of aromatic nitrogens is 2. The van der Waals surface area contributed by atoms with Crippen LogP contribution in [0.25, 0.3) is 0 Å². The highest BCUT2D eigenvalue weighted by Crippen LogP contribution is 2.40. The molecule has 0 unspecified atom stereocenters. The van der Waals surface area contributed by atoms with E-state index in [1.165, 1.54) is 0 Å². The summed E-state index contributed by atoms with van der Waals surface area (Å²) in [7, 11) is 12.7. The Balaban J connectivity index is 1.44. The van der Waals surface area contributed by atoms with Crippen molar-refractivity contribution in [1.82, 2.24) is 29.6 Å². The maximum Gasteiger partial charge on any atom is 0.126 e. The fraction of sp³-hybridized carbons (Fsp3) is 0.485. The highest BCUT2D eigenvalue weighted by Gasteiger charge is 2.24. The Kier molecular flexibility index (Phi) is 25.0. The van der Waals surface area contributed by atoms with E-state index in [0.717, 1.165) is 114 Å². The van der Waals surface area contributed by atoms with Crippen LogP contribution in [0.4, 0.5) is 0 Å². The molecule has 0 radical (unpaired) electrons. The second-order valence-electron chi connectivity index (χ2n) is 21.2. The van der Waals surface area contributed by atoms with Crippen LogP contribution in [-0.4, -0.2) is 151 Å². The van der Waals surface area contributed by atoms with Gasteiger partial charge in [0.2, 0.25) is 0 Å². The van der Waals surface area contributed by atoms with E-state index in [4.69, 9.17) is 47.9 Å². The molecule has 0 atom stereocenters. The molecule has 7 rings (SSSR count). The molecule has 0 fully saturated rings. The first-order valence-corrected chi connectivity index (χ1v) is 28.8. The molecule has 2 heterocycles. The third-order valence-electron chi connectivity index (χ3n) is 13.7. The van der Waals surface area contributed by atoms with Gasteiger partial charge in [-0.25, -0.2) is 0 Å². The van der Waals surface area contributed by atoms with E-state index in [-0.39, 0.29) is 0 Å². The number of para-hydroxylation sites is 2. The largest absolute Gasteiger partial charge is 0.491 e. The fourth-order valence-electron chi connectivity index (χ4n) is 10.5. The molecular formula is C66H90N6O8. The fourth-order valence-corrected chi connectivity index (χ4v) is 10.5. The Labute approximate surface area is 478 Å². The standard InChI is InChI=1S/C66H90N6O8/c1-11-73-27-31-77-63-51-19-15-21-53(63)40-55-35-49(43-71(9)47-61-25-17-23-59(67-61)45-69(5)6)37-57(65(55)79-33-29-75-13-3)42-58-38-50(44-72(10)48-62-26-18-24-60(68-62)46-70(7)8)36-56(66(58)80-34-30-76-14-4)41-54-22-16-20-52(39-51)64(54)78-32-28-74-12-2/h15-26,35-38H,11-14,27-34,39-48H2,1-10H3. The summed E-state index contributed by atoms with van der Waals surface area (Å²) in [6, 6.07) is 35.1. The van der Waals surface area contributed by atoms with E-state index in [2.05, 4.69) is 159 Å². The van der Waals surface area contributed by atoms with Gasteiger partial charge in [-0.3, -0.25) is 19.8 Å². The number of pyridine rings is 2. The highest BCUT2D eigenvalue weighted by molar-refractivity contribution is 5.57. The third kappa shape index (κ3) is 19.1. The summed E-state index contributed by atoms with van der Waals surface area (Å²) in [4.78, 5) is 19.1. The van der Waals surface area contributed by atoms with Crippen LogP contribution in [0.15, 0.2) is 97.1 Å². The predicted molar refractivity (Wildman–Crippen MR) is 319 cm³/mol. The van der Waals surface area contributed by atoms with Gasteiger partial charge in [0.05, 0.1) is 49.2 Å². The highest BCUT2D eigenvalue weighted by atomic mass is 16.5. The van der Waals surface area contributed by atoms with E-state index in [0.29, 0.717) is 131 Å². The summed E-state index contributed by atoms with van der Waals surface area (Å²) in [6.45, 7) is 18.2. The van der Waals surface area contributed by atoms with E-state index in [9.17, 15) is 0 Å². The van der Waals surface area contributed by atoms with Gasteiger partial charge in [0, 0.05) is 91.4 Å². The Morgan fingerprint density at radius 1 is 0.325 bits per heavy atom. The minimum absolute atomic E-state index is 0.387. The van der Waals surface area contributed by atoms with Crippen LogP contribution >= 0.6 is 0 Å². The van der Waals surface area contributed by atoms with Crippen molar-refractivity contribution in [2.24, 2.45) is 0 Å². The number of nitrogens with zero attached hydrogens (tertiary/aromatic N) is 6. The quantitative estimate of drug-likeness (QED) is 0.0373. The molecule has 2 aromatic heterocycles. The van der Waals surface area contributed by atoms with Gasteiger partial charge in [-0.15, -0.1) is 0 Å². The van der Waals surface area contributed by atoms with Crippen molar-refractivity contribution in [2.75, 3.05) is 122 Å². The lowest BCUT2D eigenvalue weighted by Gasteiger charge is -2.25. The molecule has 0 N–H and O–H groups in total. The minimum atomic E-state index is 0.387. The first kappa shape index (κ1) is 61.7. The number of rotatable bonds is 32. The Bertz CT molecular complexity index is 2650. The molecule has 0 amide bonds. The molecule has 14 nitrogen and oxygen atoms in total. The van der Waals surface area contributed by atoms with E-state index in [1.807, 2.05) is 27.7 Å². The molecule has 0 aliphatic heterocycles. The summed E-state index contributed by atoms with van der Waals surface area (Å²) >= 11 is 0.